The van der Waals surface area contributed by atoms with Crippen LogP contribution in [0.15, 0.2) is 12.1 Å². The molecule has 0 unspecified atom stereocenters. The lowest BCUT2D eigenvalue weighted by molar-refractivity contribution is 0.525. The van der Waals surface area contributed by atoms with Crippen molar-refractivity contribution in [3.8, 4) is 0 Å². The van der Waals surface area contributed by atoms with Gasteiger partial charge in [-0.25, -0.2) is 0 Å². The quantitative estimate of drug-likeness (QED) is 0.0572. The monoisotopic (exact) mass is 890 g/mol. The Bertz CT molecular complexity index is 960. The van der Waals surface area contributed by atoms with Gasteiger partial charge in [0.15, 0.2) is 0 Å². The smallest absolute Gasteiger partial charge is 0.0238 e. The number of rotatable bonds is 54. The van der Waals surface area contributed by atoms with Gasteiger partial charge in [0, 0.05) is 0 Å². The Labute approximate surface area is 407 Å². The Morgan fingerprint density at radius 1 is 0.219 bits per heavy atom. The van der Waals surface area contributed by atoms with Gasteiger partial charge in [-0.2, -0.15) is 0 Å². The van der Waals surface area contributed by atoms with Crippen LogP contribution in [0.5, 0.6) is 0 Å². The average molecular weight is 891 g/mol. The molecule has 1 aromatic rings. The minimum absolute atomic E-state index is 1.27. The zero-order valence-electron chi connectivity index (χ0n) is 45.0. The summed E-state index contributed by atoms with van der Waals surface area (Å²) >= 11 is 0. The van der Waals surface area contributed by atoms with Crippen LogP contribution < -0.4 is 0 Å². The highest BCUT2D eigenvalue weighted by Crippen LogP contribution is 2.26. The third-order valence-corrected chi connectivity index (χ3v) is 15.1. The van der Waals surface area contributed by atoms with Crippen LogP contribution in [-0.2, 0) is 19.3 Å². The van der Waals surface area contributed by atoms with Gasteiger partial charge in [-0.3, -0.25) is 0 Å². The van der Waals surface area contributed by atoms with Crippen LogP contribution in [0, 0.1) is 6.92 Å². The molecule has 0 saturated heterocycles. The van der Waals surface area contributed by atoms with Crippen LogP contribution in [0.4, 0.5) is 0 Å². The van der Waals surface area contributed by atoms with Gasteiger partial charge < -0.3 is 0 Å². The molecule has 0 fully saturated rings. The zero-order valence-corrected chi connectivity index (χ0v) is 45.0. The number of hydrogen-bond acceptors (Lipinski definition) is 0. The first kappa shape index (κ1) is 61.2. The lowest BCUT2D eigenvalue weighted by Gasteiger charge is -2.17. The summed E-state index contributed by atoms with van der Waals surface area (Å²) in [6, 6.07) is 4.99. The molecule has 1 rings (SSSR count). The first-order valence-corrected chi connectivity index (χ1v) is 30.7. The van der Waals surface area contributed by atoms with Gasteiger partial charge in [0.1, 0.15) is 0 Å². The van der Waals surface area contributed by atoms with Crippen LogP contribution >= 0.6 is 0 Å². The normalized spacial score (nSPS) is 11.7. The van der Waals surface area contributed by atoms with Gasteiger partial charge in [0.25, 0.3) is 0 Å². The highest BCUT2D eigenvalue weighted by atomic mass is 14.2. The van der Waals surface area contributed by atoms with E-state index in [0.717, 1.165) is 0 Å². The van der Waals surface area contributed by atoms with E-state index in [2.05, 4.69) is 39.8 Å². The number of hydrogen-bond donors (Lipinski definition) is 0. The maximum Gasteiger partial charge on any atom is -0.0238 e. The molecule has 0 nitrogen and oxygen atoms in total. The van der Waals surface area contributed by atoms with E-state index in [1.165, 1.54) is 352 Å². The van der Waals surface area contributed by atoms with Gasteiger partial charge in [-0.1, -0.05) is 341 Å². The van der Waals surface area contributed by atoms with Crippen LogP contribution in [-0.4, -0.2) is 0 Å². The molecule has 0 aliphatic carbocycles. The summed E-state index contributed by atoms with van der Waals surface area (Å²) in [6.07, 6.45) is 77.8. The summed E-state index contributed by atoms with van der Waals surface area (Å²) in [5.74, 6) is 0. The molecule has 0 atom stereocenters. The highest BCUT2D eigenvalue weighted by molar-refractivity contribution is 5.41. The molecule has 1 radical (unpaired) electrons. The standard InChI is InChI=1S/C64H121/c1-5-8-11-14-17-20-23-26-29-32-35-38-41-44-47-50-53-56-62-59-61(4)60-63(57-54-51-48-45-42-39-36-33-30-27-24-21-18-15-12-9-6-2)64(62)58-55-52-49-46-43-40-37-34-31-28-25-22-19-16-13-10-7-3/h59-60H,4-58H2,1-3H3. The maximum absolute atomic E-state index is 4.52. The van der Waals surface area contributed by atoms with E-state index in [1.54, 1.807) is 16.7 Å². The first-order valence-electron chi connectivity index (χ1n) is 30.7. The van der Waals surface area contributed by atoms with Crippen LogP contribution in [0.2, 0.25) is 0 Å². The van der Waals surface area contributed by atoms with Gasteiger partial charge in [-0.05, 0) is 67.7 Å². The molecule has 0 heteroatoms. The van der Waals surface area contributed by atoms with Crippen LogP contribution in [0.3, 0.4) is 0 Å². The topological polar surface area (TPSA) is 0 Å². The van der Waals surface area contributed by atoms with Crippen LogP contribution in [0.25, 0.3) is 0 Å². The van der Waals surface area contributed by atoms with Crippen molar-refractivity contribution >= 4 is 0 Å². The Morgan fingerprint density at radius 2 is 0.375 bits per heavy atom. The molecule has 64 heavy (non-hydrogen) atoms. The molecule has 0 bridgehead atoms. The second-order valence-corrected chi connectivity index (χ2v) is 21.6. The lowest BCUT2D eigenvalue weighted by atomic mass is 9.88. The second kappa shape index (κ2) is 51.6. The Kier molecular flexibility index (Phi) is 49.4. The zero-order chi connectivity index (χ0) is 45.9. The van der Waals surface area contributed by atoms with Crippen molar-refractivity contribution in [2.45, 2.75) is 367 Å². The molecule has 1 aromatic carbocycles. The van der Waals surface area contributed by atoms with Gasteiger partial charge >= 0.3 is 0 Å². The Morgan fingerprint density at radius 3 is 0.562 bits per heavy atom. The maximum atomic E-state index is 4.52. The molecule has 377 valence electrons. The molecule has 0 heterocycles. The molecular weight excluding hydrogens is 769 g/mol. The fourth-order valence-electron chi connectivity index (χ4n) is 10.7. The van der Waals surface area contributed by atoms with Crippen molar-refractivity contribution in [2.24, 2.45) is 0 Å². The van der Waals surface area contributed by atoms with Crippen molar-refractivity contribution in [3.63, 3.8) is 0 Å². The van der Waals surface area contributed by atoms with Crippen LogP contribution in [0.1, 0.15) is 370 Å². The average Bonchev–Trinajstić information content (AvgIpc) is 3.30. The molecule has 0 aliphatic rings. The predicted molar refractivity (Wildman–Crippen MR) is 295 cm³/mol. The van der Waals surface area contributed by atoms with Crippen molar-refractivity contribution in [3.05, 3.63) is 41.3 Å². The third-order valence-electron chi connectivity index (χ3n) is 15.1. The third kappa shape index (κ3) is 42.6. The van der Waals surface area contributed by atoms with Crippen molar-refractivity contribution < 1.29 is 0 Å². The summed E-state index contributed by atoms with van der Waals surface area (Å²) in [5.41, 5.74) is 6.37. The van der Waals surface area contributed by atoms with E-state index in [-0.39, 0.29) is 0 Å². The fourth-order valence-corrected chi connectivity index (χ4v) is 10.7. The van der Waals surface area contributed by atoms with E-state index in [0.29, 0.717) is 0 Å². The van der Waals surface area contributed by atoms with Gasteiger partial charge in [0.2, 0.25) is 0 Å². The molecule has 0 saturated carbocycles. The molecule has 0 N–H and O–H groups in total. The number of unbranched alkanes of at least 4 members (excludes halogenated alkanes) is 48. The lowest BCUT2D eigenvalue weighted by Crippen LogP contribution is -2.03. The Hall–Kier alpha value is -0.780. The number of aryl methyl sites for hydroxylation is 2. The summed E-state index contributed by atoms with van der Waals surface area (Å²) in [7, 11) is 0. The predicted octanol–water partition coefficient (Wildman–Crippen LogP) is 23.5. The summed E-state index contributed by atoms with van der Waals surface area (Å²) in [4.78, 5) is 0. The molecule has 0 aromatic heterocycles. The van der Waals surface area contributed by atoms with Crippen molar-refractivity contribution in [1.82, 2.24) is 0 Å². The van der Waals surface area contributed by atoms with E-state index in [9.17, 15) is 0 Å². The molecule has 0 spiro atoms. The van der Waals surface area contributed by atoms with E-state index in [1.807, 2.05) is 0 Å². The summed E-state index contributed by atoms with van der Waals surface area (Å²) in [5, 5.41) is 0. The number of benzene rings is 1. The minimum atomic E-state index is 1.27. The van der Waals surface area contributed by atoms with Crippen molar-refractivity contribution in [2.75, 3.05) is 0 Å². The van der Waals surface area contributed by atoms with Gasteiger partial charge in [-0.15, -0.1) is 0 Å². The van der Waals surface area contributed by atoms with E-state index >= 15 is 0 Å². The Balaban J connectivity index is 2.35. The van der Waals surface area contributed by atoms with Crippen molar-refractivity contribution in [1.29, 1.82) is 0 Å². The SMILES string of the molecule is [CH2]c1cc(CCCCCCCCCCCCCCCCCCC)c(CCCCCCCCCCCCCCCCCCC)c(CCCCCCCCCCCCCCCCCCC)c1. The molecular formula is C64H121. The fraction of sp³-hybridized carbons (Fsp3) is 0.891. The van der Waals surface area contributed by atoms with E-state index < -0.39 is 0 Å². The second-order valence-electron chi connectivity index (χ2n) is 21.6. The highest BCUT2D eigenvalue weighted by Gasteiger charge is 2.11. The summed E-state index contributed by atoms with van der Waals surface area (Å²) in [6.45, 7) is 11.5. The van der Waals surface area contributed by atoms with E-state index in [4.69, 9.17) is 0 Å². The largest absolute Gasteiger partial charge is 0.0654 e. The van der Waals surface area contributed by atoms with Gasteiger partial charge in [0.05, 0.1) is 0 Å². The summed E-state index contributed by atoms with van der Waals surface area (Å²) < 4.78 is 0. The molecule has 0 amide bonds. The first-order chi connectivity index (χ1) is 31.7. The molecule has 0 aliphatic heterocycles. The minimum Gasteiger partial charge on any atom is -0.0654 e.